The Bertz CT molecular complexity index is 7710. The van der Waals surface area contributed by atoms with Crippen LogP contribution in [0.1, 0.15) is 62.1 Å². The lowest BCUT2D eigenvalue weighted by molar-refractivity contribution is 0.0877. The molecule has 3 aliphatic rings. The second kappa shape index (κ2) is 30.5. The van der Waals surface area contributed by atoms with E-state index in [2.05, 4.69) is 64.6 Å². The van der Waals surface area contributed by atoms with Crippen molar-refractivity contribution in [2.75, 3.05) is 14.7 Å². The second-order valence-electron chi connectivity index (χ2n) is 31.0. The molecule has 3 aliphatic heterocycles. The molecule has 6 heterocycles. The highest BCUT2D eigenvalue weighted by molar-refractivity contribution is 6.40. The molecule has 6 amide bonds. The molecule has 18 aromatic carbocycles. The van der Waals surface area contributed by atoms with Crippen molar-refractivity contribution in [3.8, 4) is 78.7 Å². The maximum Gasteiger partial charge on any atom is 0.265 e. The smallest absolute Gasteiger partial charge is 0.265 e. The molecule has 0 unspecified atom stereocenters. The van der Waals surface area contributed by atoms with E-state index in [4.69, 9.17) is 15.0 Å². The molecule has 125 heavy (non-hydrogen) atoms. The predicted molar refractivity (Wildman–Crippen MR) is 499 cm³/mol. The SMILES string of the molecule is O=C1c2cccc3c(-c4ccc(-c5cccnc5)c5ccccc45)ccc(c23)C(=O)N1c1ccc2ccccc2c1.O=C1c2cccc3c(-c4ccc(-c5ccncc5)c5ccccc45)ccc(c23)C(=O)N1c1ccc2ccccc2c1.O=C1c2cccc3c(-c4nc(-c5ccccc5)nc(-c5ccccc5)n4)ccc(c23)C(=O)N1c1ccc2ccccc2c1. The average molecular weight is 1610 g/mol. The van der Waals surface area contributed by atoms with Gasteiger partial charge in [0.2, 0.25) is 0 Å². The highest BCUT2D eigenvalue weighted by Gasteiger charge is 2.39. The van der Waals surface area contributed by atoms with Crippen LogP contribution in [0.3, 0.4) is 0 Å². The van der Waals surface area contributed by atoms with Crippen LogP contribution in [0, 0.1) is 0 Å². The van der Waals surface area contributed by atoms with E-state index in [0.29, 0.717) is 84.1 Å². The van der Waals surface area contributed by atoms with Gasteiger partial charge in [0.05, 0.1) is 17.1 Å². The number of pyridine rings is 2. The van der Waals surface area contributed by atoms with E-state index >= 15 is 0 Å². The van der Waals surface area contributed by atoms with Crippen molar-refractivity contribution in [3.05, 3.63) is 434 Å². The number of nitrogens with zero attached hydrogens (tertiary/aromatic N) is 8. The number of amides is 6. The zero-order valence-corrected chi connectivity index (χ0v) is 66.6. The molecule has 0 bridgehead atoms. The molecule has 0 N–H and O–H groups in total. The van der Waals surface area contributed by atoms with Gasteiger partial charge in [0.15, 0.2) is 17.5 Å². The van der Waals surface area contributed by atoms with E-state index in [1.807, 2.05) is 316 Å². The van der Waals surface area contributed by atoms with E-state index < -0.39 is 0 Å². The van der Waals surface area contributed by atoms with E-state index in [-0.39, 0.29) is 35.4 Å². The number of hydrogen-bond acceptors (Lipinski definition) is 11. The van der Waals surface area contributed by atoms with Crippen molar-refractivity contribution < 1.29 is 28.8 Å². The Balaban J connectivity index is 0.000000111. The average Bonchev–Trinajstić information content (AvgIpc) is 0.735. The molecule has 586 valence electrons. The van der Waals surface area contributed by atoms with Crippen molar-refractivity contribution >= 4 is 139 Å². The third-order valence-corrected chi connectivity index (χ3v) is 24.0. The predicted octanol–water partition coefficient (Wildman–Crippen LogP) is 25.3. The van der Waals surface area contributed by atoms with Crippen molar-refractivity contribution in [2.24, 2.45) is 0 Å². The lowest BCUT2D eigenvalue weighted by Crippen LogP contribution is -2.40. The van der Waals surface area contributed by atoms with Gasteiger partial charge in [-0.3, -0.25) is 38.7 Å². The molecule has 0 aliphatic carbocycles. The molecule has 0 saturated heterocycles. The van der Waals surface area contributed by atoms with Crippen LogP contribution in [-0.2, 0) is 0 Å². The first-order valence-corrected chi connectivity index (χ1v) is 41.1. The standard InChI is InChI=1S/C37H22N4O2.2C37H22N2O2/c42-36-30-17-9-16-28-29(35-39-33(24-11-3-1-4-12-24)38-34(40-35)25-13-5-2-6-14-25)20-21-31(32(28)30)37(43)41(36)27-19-18-23-10-7-8-15-26(23)22-27;40-36-33-13-5-12-32-31(30-17-16-27(25-9-6-20-38-22-25)28-10-3-4-11-29(28)30)18-19-34(35(32)33)37(41)39(36)26-15-14-23-7-1-2-8-24(23)21-26;40-36-33-11-5-10-32-31(30-15-14-27(24-18-20-38-21-19-24)28-8-3-4-9-29(28)30)16-17-34(35(32)33)37(41)39(36)26-13-12-23-6-1-2-7-25(23)22-26/h1-22H;2*1-22H. The molecule has 14 heteroatoms. The number of imide groups is 3. The first-order chi connectivity index (χ1) is 61.5. The van der Waals surface area contributed by atoms with Gasteiger partial charge >= 0.3 is 0 Å². The van der Waals surface area contributed by atoms with Gasteiger partial charge in [-0.1, -0.05) is 279 Å². The minimum atomic E-state index is -0.360. The van der Waals surface area contributed by atoms with Crippen LogP contribution in [0.25, 0.3) is 165 Å². The third kappa shape index (κ3) is 12.7. The van der Waals surface area contributed by atoms with Crippen LogP contribution in [0.5, 0.6) is 0 Å². The topological polar surface area (TPSA) is 177 Å². The second-order valence-corrected chi connectivity index (χ2v) is 31.0. The lowest BCUT2D eigenvalue weighted by atomic mass is 9.86. The molecule has 0 fully saturated rings. The summed E-state index contributed by atoms with van der Waals surface area (Å²) in [7, 11) is 0. The van der Waals surface area contributed by atoms with Crippen LogP contribution in [0.2, 0.25) is 0 Å². The molecule has 0 radical (unpaired) electrons. The molecule has 0 atom stereocenters. The van der Waals surface area contributed by atoms with Crippen molar-refractivity contribution in [1.82, 2.24) is 24.9 Å². The van der Waals surface area contributed by atoms with E-state index in [1.54, 1.807) is 30.7 Å². The Morgan fingerprint density at radius 3 is 0.848 bits per heavy atom. The minimum Gasteiger partial charge on any atom is -0.268 e. The summed E-state index contributed by atoms with van der Waals surface area (Å²) in [6.45, 7) is 0. The Morgan fingerprint density at radius 2 is 0.464 bits per heavy atom. The third-order valence-electron chi connectivity index (χ3n) is 24.0. The highest BCUT2D eigenvalue weighted by Crippen LogP contribution is 2.47. The normalized spacial score (nSPS) is 12.8. The van der Waals surface area contributed by atoms with Gasteiger partial charge in [0.25, 0.3) is 35.4 Å². The summed E-state index contributed by atoms with van der Waals surface area (Å²) < 4.78 is 0. The van der Waals surface area contributed by atoms with Gasteiger partial charge in [-0.15, -0.1) is 0 Å². The summed E-state index contributed by atoms with van der Waals surface area (Å²) in [5, 5.41) is 15.1. The highest BCUT2D eigenvalue weighted by atomic mass is 16.2. The summed E-state index contributed by atoms with van der Waals surface area (Å²) >= 11 is 0. The molecule has 21 aromatic rings. The van der Waals surface area contributed by atoms with Crippen molar-refractivity contribution in [3.63, 3.8) is 0 Å². The largest absolute Gasteiger partial charge is 0.268 e. The number of aromatic nitrogens is 5. The maximum absolute atomic E-state index is 13.9. The monoisotopic (exact) mass is 1610 g/mol. The number of carbonyl (C=O) groups is 6. The van der Waals surface area contributed by atoms with Gasteiger partial charge in [0, 0.05) is 96.6 Å². The molecule has 0 saturated carbocycles. The Morgan fingerprint density at radius 1 is 0.176 bits per heavy atom. The minimum absolute atomic E-state index is 0.307. The number of benzene rings is 18. The number of anilines is 3. The number of hydrogen-bond donors (Lipinski definition) is 0. The van der Waals surface area contributed by atoms with Gasteiger partial charge in [-0.2, -0.15) is 0 Å². The number of fused-ring (bicyclic) bond motifs is 5. The van der Waals surface area contributed by atoms with Crippen LogP contribution in [-0.4, -0.2) is 60.4 Å². The van der Waals surface area contributed by atoms with Crippen LogP contribution in [0.15, 0.2) is 401 Å². The molecule has 0 spiro atoms. The number of rotatable bonds is 10. The molecular weight excluding hydrogens is 1540 g/mol. The van der Waals surface area contributed by atoms with E-state index in [0.717, 1.165) is 131 Å². The van der Waals surface area contributed by atoms with Crippen LogP contribution >= 0.6 is 0 Å². The summed E-state index contributed by atoms with van der Waals surface area (Å²) in [5.41, 5.74) is 15.6. The molecule has 24 rings (SSSR count). The first-order valence-electron chi connectivity index (χ1n) is 41.1. The fourth-order valence-electron chi connectivity index (χ4n) is 18.2. The summed E-state index contributed by atoms with van der Waals surface area (Å²) in [5.74, 6) is -0.402. The maximum atomic E-state index is 13.9. The lowest BCUT2D eigenvalue weighted by Gasteiger charge is -2.28. The van der Waals surface area contributed by atoms with Crippen molar-refractivity contribution in [1.29, 1.82) is 0 Å². The van der Waals surface area contributed by atoms with Gasteiger partial charge in [0.1, 0.15) is 0 Å². The van der Waals surface area contributed by atoms with Gasteiger partial charge < -0.3 is 0 Å². The summed E-state index contributed by atoms with van der Waals surface area (Å²) in [6.07, 6.45) is 7.26. The molecule has 3 aromatic heterocycles. The first kappa shape index (κ1) is 74.1. The Hall–Kier alpha value is -17.2. The van der Waals surface area contributed by atoms with Crippen LogP contribution < -0.4 is 14.7 Å². The van der Waals surface area contributed by atoms with Crippen molar-refractivity contribution in [2.45, 2.75) is 0 Å². The molecular formula is C111H66N8O6. The number of carbonyl (C=O) groups excluding carboxylic acids is 6. The van der Waals surface area contributed by atoms with E-state index in [9.17, 15) is 28.8 Å². The Kier molecular flexibility index (Phi) is 18.1. The molecule has 14 nitrogen and oxygen atoms in total. The summed E-state index contributed by atoms with van der Waals surface area (Å²) in [4.78, 5) is 110. The fraction of sp³-hybridized carbons (Fsp3) is 0. The zero-order chi connectivity index (χ0) is 83.9. The Labute approximate surface area is 715 Å². The summed E-state index contributed by atoms with van der Waals surface area (Å²) in [6, 6.07) is 122. The van der Waals surface area contributed by atoms with Gasteiger partial charge in [-0.05, 0) is 206 Å². The fourth-order valence-corrected chi connectivity index (χ4v) is 18.2. The van der Waals surface area contributed by atoms with Crippen LogP contribution in [0.4, 0.5) is 17.1 Å². The quantitative estimate of drug-likeness (QED) is 0.119. The van der Waals surface area contributed by atoms with Gasteiger partial charge in [-0.25, -0.2) is 29.7 Å². The zero-order valence-electron chi connectivity index (χ0n) is 66.6. The van der Waals surface area contributed by atoms with E-state index in [1.165, 1.54) is 14.7 Å².